The fourth-order valence-electron chi connectivity index (χ4n) is 3.44. The first kappa shape index (κ1) is 20.4. The summed E-state index contributed by atoms with van der Waals surface area (Å²) in [6.45, 7) is 8.93. The summed E-state index contributed by atoms with van der Waals surface area (Å²) in [7, 11) is 0. The highest BCUT2D eigenvalue weighted by Crippen LogP contribution is 2.15. The van der Waals surface area contributed by atoms with Gasteiger partial charge in [0.1, 0.15) is 12.4 Å². The van der Waals surface area contributed by atoms with Crippen molar-refractivity contribution in [3.05, 3.63) is 65.7 Å². The molecule has 0 aliphatic carbocycles. The van der Waals surface area contributed by atoms with Crippen LogP contribution in [0.25, 0.3) is 0 Å². The Kier molecular flexibility index (Phi) is 7.46. The molecule has 1 N–H and O–H groups in total. The van der Waals surface area contributed by atoms with Crippen LogP contribution in [0.1, 0.15) is 29.8 Å². The van der Waals surface area contributed by atoms with Crippen LogP contribution in [0.2, 0.25) is 0 Å². The van der Waals surface area contributed by atoms with E-state index in [9.17, 15) is 4.79 Å². The third kappa shape index (κ3) is 5.81. The molecule has 0 aromatic heterocycles. The largest absolute Gasteiger partial charge is 0.489 e. The molecule has 2 aromatic carbocycles. The van der Waals surface area contributed by atoms with Crippen LogP contribution in [0.4, 0.5) is 0 Å². The minimum absolute atomic E-state index is 0.0477. The van der Waals surface area contributed by atoms with Crippen LogP contribution in [0.3, 0.4) is 0 Å². The van der Waals surface area contributed by atoms with E-state index in [1.54, 1.807) is 0 Å². The first-order chi connectivity index (χ1) is 13.6. The van der Waals surface area contributed by atoms with Crippen LogP contribution in [0.5, 0.6) is 5.75 Å². The number of ether oxygens (including phenoxy) is 2. The van der Waals surface area contributed by atoms with Gasteiger partial charge in [-0.1, -0.05) is 44.2 Å². The van der Waals surface area contributed by atoms with Crippen molar-refractivity contribution < 1.29 is 14.3 Å². The molecular weight excluding hydrogens is 352 g/mol. The van der Waals surface area contributed by atoms with E-state index in [0.29, 0.717) is 30.7 Å². The summed E-state index contributed by atoms with van der Waals surface area (Å²) in [6, 6.07) is 17.7. The number of hydrogen-bond acceptors (Lipinski definition) is 4. The fourth-order valence-corrected chi connectivity index (χ4v) is 3.44. The van der Waals surface area contributed by atoms with Crippen molar-refractivity contribution in [2.75, 3.05) is 32.8 Å². The number of nitrogens with zero attached hydrogens (tertiary/aromatic N) is 1. The molecule has 0 spiro atoms. The number of hydrogen-bond donors (Lipinski definition) is 1. The minimum atomic E-state index is -0.0477. The Labute approximate surface area is 167 Å². The van der Waals surface area contributed by atoms with Crippen molar-refractivity contribution in [2.24, 2.45) is 5.92 Å². The summed E-state index contributed by atoms with van der Waals surface area (Å²) < 4.78 is 11.2. The maximum Gasteiger partial charge on any atom is 0.251 e. The number of carbonyl (C=O) groups is 1. The van der Waals surface area contributed by atoms with Gasteiger partial charge in [0.05, 0.1) is 13.2 Å². The van der Waals surface area contributed by atoms with Gasteiger partial charge in [-0.25, -0.2) is 0 Å². The van der Waals surface area contributed by atoms with Gasteiger partial charge in [-0.05, 0) is 35.7 Å². The van der Waals surface area contributed by atoms with Gasteiger partial charge >= 0.3 is 0 Å². The predicted octanol–water partition coefficient (Wildman–Crippen LogP) is 3.35. The summed E-state index contributed by atoms with van der Waals surface area (Å²) in [5.74, 6) is 1.18. The van der Waals surface area contributed by atoms with Gasteiger partial charge in [0.2, 0.25) is 0 Å². The molecule has 1 saturated heterocycles. The molecule has 1 aliphatic heterocycles. The Balaban J connectivity index is 1.50. The third-order valence-corrected chi connectivity index (χ3v) is 5.12. The van der Waals surface area contributed by atoms with E-state index >= 15 is 0 Å². The quantitative estimate of drug-likeness (QED) is 0.761. The van der Waals surface area contributed by atoms with E-state index in [2.05, 4.69) is 24.1 Å². The van der Waals surface area contributed by atoms with Crippen LogP contribution in [0.15, 0.2) is 54.6 Å². The van der Waals surface area contributed by atoms with Gasteiger partial charge in [0.25, 0.3) is 5.91 Å². The Bertz CT molecular complexity index is 725. The average molecular weight is 383 g/mol. The van der Waals surface area contributed by atoms with Crippen molar-refractivity contribution in [2.45, 2.75) is 26.5 Å². The molecule has 5 heteroatoms. The van der Waals surface area contributed by atoms with Gasteiger partial charge in [0, 0.05) is 31.2 Å². The van der Waals surface area contributed by atoms with Gasteiger partial charge in [-0.15, -0.1) is 0 Å². The molecule has 1 atom stereocenters. The van der Waals surface area contributed by atoms with E-state index in [-0.39, 0.29) is 5.91 Å². The molecule has 28 heavy (non-hydrogen) atoms. The zero-order valence-electron chi connectivity index (χ0n) is 16.8. The number of rotatable bonds is 8. The lowest BCUT2D eigenvalue weighted by Crippen LogP contribution is -2.51. The minimum Gasteiger partial charge on any atom is -0.489 e. The second-order valence-electron chi connectivity index (χ2n) is 7.47. The zero-order chi connectivity index (χ0) is 19.8. The SMILES string of the molecule is CC(C)C(CNC(=O)c1ccc(OCc2ccccc2)cc1)N1CCOCC1. The van der Waals surface area contributed by atoms with Crippen molar-refractivity contribution >= 4 is 5.91 Å². The topological polar surface area (TPSA) is 50.8 Å². The average Bonchev–Trinajstić information content (AvgIpc) is 2.74. The van der Waals surface area contributed by atoms with Gasteiger partial charge < -0.3 is 14.8 Å². The summed E-state index contributed by atoms with van der Waals surface area (Å²) >= 11 is 0. The van der Waals surface area contributed by atoms with Gasteiger partial charge in [0.15, 0.2) is 0 Å². The number of carbonyl (C=O) groups excluding carboxylic acids is 1. The maximum absolute atomic E-state index is 12.6. The van der Waals surface area contributed by atoms with Crippen molar-refractivity contribution in [3.63, 3.8) is 0 Å². The van der Waals surface area contributed by atoms with Crippen molar-refractivity contribution in [1.29, 1.82) is 0 Å². The zero-order valence-corrected chi connectivity index (χ0v) is 16.8. The van der Waals surface area contributed by atoms with E-state index in [0.717, 1.165) is 37.6 Å². The number of nitrogens with one attached hydrogen (secondary N) is 1. The van der Waals surface area contributed by atoms with Crippen LogP contribution >= 0.6 is 0 Å². The van der Waals surface area contributed by atoms with Gasteiger partial charge in [-0.3, -0.25) is 9.69 Å². The first-order valence-electron chi connectivity index (χ1n) is 10.0. The van der Waals surface area contributed by atoms with Gasteiger partial charge in [-0.2, -0.15) is 0 Å². The molecular formula is C23H30N2O3. The third-order valence-electron chi connectivity index (χ3n) is 5.12. The van der Waals surface area contributed by atoms with E-state index < -0.39 is 0 Å². The lowest BCUT2D eigenvalue weighted by molar-refractivity contribution is 0.00673. The summed E-state index contributed by atoms with van der Waals surface area (Å²) in [4.78, 5) is 15.0. The summed E-state index contributed by atoms with van der Waals surface area (Å²) in [5.41, 5.74) is 1.77. The molecule has 2 aromatic rings. The molecule has 0 saturated carbocycles. The van der Waals surface area contributed by atoms with Crippen LogP contribution in [-0.4, -0.2) is 49.7 Å². The van der Waals surface area contributed by atoms with Crippen molar-refractivity contribution in [3.8, 4) is 5.75 Å². The molecule has 0 radical (unpaired) electrons. The Morgan fingerprint density at radius 2 is 1.75 bits per heavy atom. The lowest BCUT2D eigenvalue weighted by Gasteiger charge is -2.36. The summed E-state index contributed by atoms with van der Waals surface area (Å²) in [5, 5.41) is 3.09. The summed E-state index contributed by atoms with van der Waals surface area (Å²) in [6.07, 6.45) is 0. The molecule has 1 unspecified atom stereocenters. The fraction of sp³-hybridized carbons (Fsp3) is 0.435. The second-order valence-corrected chi connectivity index (χ2v) is 7.47. The first-order valence-corrected chi connectivity index (χ1v) is 10.0. The number of benzene rings is 2. The number of morpholine rings is 1. The van der Waals surface area contributed by atoms with E-state index in [4.69, 9.17) is 9.47 Å². The number of amides is 1. The molecule has 1 amide bonds. The Hall–Kier alpha value is -2.37. The normalized spacial score (nSPS) is 16.0. The molecule has 3 rings (SSSR count). The van der Waals surface area contributed by atoms with Crippen molar-refractivity contribution in [1.82, 2.24) is 10.2 Å². The Morgan fingerprint density at radius 3 is 2.39 bits per heavy atom. The highest BCUT2D eigenvalue weighted by molar-refractivity contribution is 5.94. The molecule has 150 valence electrons. The second kappa shape index (κ2) is 10.2. The standard InChI is InChI=1S/C23H30N2O3/c1-18(2)22(25-12-14-27-15-13-25)16-24-23(26)20-8-10-21(11-9-20)28-17-19-6-4-3-5-7-19/h3-11,18,22H,12-17H2,1-2H3,(H,24,26). The lowest BCUT2D eigenvalue weighted by atomic mass is 10.0. The molecule has 1 aliphatic rings. The molecule has 0 bridgehead atoms. The monoisotopic (exact) mass is 382 g/mol. The highest BCUT2D eigenvalue weighted by atomic mass is 16.5. The molecule has 1 fully saturated rings. The van der Waals surface area contributed by atoms with Crippen LogP contribution in [-0.2, 0) is 11.3 Å². The maximum atomic E-state index is 12.6. The Morgan fingerprint density at radius 1 is 1.07 bits per heavy atom. The smallest absolute Gasteiger partial charge is 0.251 e. The van der Waals surface area contributed by atoms with E-state index in [1.165, 1.54) is 0 Å². The van der Waals surface area contributed by atoms with Crippen LogP contribution < -0.4 is 10.1 Å². The van der Waals surface area contributed by atoms with E-state index in [1.807, 2.05) is 54.6 Å². The predicted molar refractivity (Wildman–Crippen MR) is 111 cm³/mol. The molecule has 5 nitrogen and oxygen atoms in total. The van der Waals surface area contributed by atoms with Crippen LogP contribution in [0, 0.1) is 5.92 Å². The molecule has 1 heterocycles. The highest BCUT2D eigenvalue weighted by Gasteiger charge is 2.24.